The summed E-state index contributed by atoms with van der Waals surface area (Å²) in [6.07, 6.45) is 0. The van der Waals surface area contributed by atoms with E-state index in [1.54, 1.807) is 0 Å². The van der Waals surface area contributed by atoms with Gasteiger partial charge in [0.05, 0.1) is 19.1 Å². The Morgan fingerprint density at radius 3 is 2.64 bits per heavy atom. The average Bonchev–Trinajstić information content (AvgIpc) is 2.71. The topological polar surface area (TPSA) is 28.0 Å². The number of benzene rings is 1. The normalized spacial score (nSPS) is 17.4. The summed E-state index contributed by atoms with van der Waals surface area (Å²) in [7, 11) is 0. The first-order valence-corrected chi connectivity index (χ1v) is 5.46. The summed E-state index contributed by atoms with van der Waals surface area (Å²) in [5, 5.41) is 10.1. The van der Waals surface area contributed by atoms with Crippen molar-refractivity contribution in [2.45, 2.75) is 13.0 Å². The van der Waals surface area contributed by atoms with Gasteiger partial charge in [-0.2, -0.15) is 5.11 Å². The van der Waals surface area contributed by atoms with Gasteiger partial charge in [-0.3, -0.25) is 5.01 Å². The van der Waals surface area contributed by atoms with Crippen LogP contribution in [-0.2, 0) is 0 Å². The number of rotatable bonds is 2. The molecule has 0 bridgehead atoms. The maximum absolute atomic E-state index is 4.08. The van der Waals surface area contributed by atoms with Crippen molar-refractivity contribution >= 4 is 15.9 Å². The fourth-order valence-electron chi connectivity index (χ4n) is 1.50. The van der Waals surface area contributed by atoms with Gasteiger partial charge in [-0.25, -0.2) is 0 Å². The van der Waals surface area contributed by atoms with Gasteiger partial charge in [0, 0.05) is 4.47 Å². The van der Waals surface area contributed by atoms with Crippen molar-refractivity contribution in [3.8, 4) is 0 Å². The number of hydrogen-bond acceptors (Lipinski definition) is 3. The maximum atomic E-state index is 4.08. The molecule has 0 fully saturated rings. The van der Waals surface area contributed by atoms with E-state index in [0.29, 0.717) is 6.04 Å². The molecule has 74 valence electrons. The van der Waals surface area contributed by atoms with E-state index < -0.39 is 0 Å². The molecule has 0 radical (unpaired) electrons. The fourth-order valence-corrected chi connectivity index (χ4v) is 1.77. The summed E-state index contributed by atoms with van der Waals surface area (Å²) >= 11 is 3.42. The van der Waals surface area contributed by atoms with Crippen molar-refractivity contribution in [2.24, 2.45) is 10.3 Å². The minimum atomic E-state index is 0.314. The lowest BCUT2D eigenvalue weighted by Gasteiger charge is -2.21. The summed E-state index contributed by atoms with van der Waals surface area (Å²) in [5.41, 5.74) is 1.27. The third-order valence-electron chi connectivity index (χ3n) is 2.41. The molecule has 3 nitrogen and oxygen atoms in total. The first kappa shape index (κ1) is 9.65. The predicted octanol–water partition coefficient (Wildman–Crippen LogP) is 3.19. The van der Waals surface area contributed by atoms with Crippen LogP contribution in [0.15, 0.2) is 39.1 Å². The largest absolute Gasteiger partial charge is 0.270 e. The molecule has 2 rings (SSSR count). The molecular weight excluding hydrogens is 242 g/mol. The summed E-state index contributed by atoms with van der Waals surface area (Å²) in [5.74, 6) is 0. The third kappa shape index (κ3) is 1.95. The highest BCUT2D eigenvalue weighted by Crippen LogP contribution is 2.23. The Morgan fingerprint density at radius 2 is 2.07 bits per heavy atom. The van der Waals surface area contributed by atoms with Crippen molar-refractivity contribution in [3.05, 3.63) is 34.3 Å². The van der Waals surface area contributed by atoms with E-state index >= 15 is 0 Å². The standard InChI is InChI=1S/C10H12BrN3/c1-8(14-7-6-12-13-14)9-2-4-10(11)5-3-9/h2-5,8H,6-7H2,1H3. The SMILES string of the molecule is CC(c1ccc(Br)cc1)N1CCN=N1. The maximum Gasteiger partial charge on any atom is 0.0813 e. The first-order valence-electron chi connectivity index (χ1n) is 4.67. The molecule has 1 aliphatic rings. The monoisotopic (exact) mass is 253 g/mol. The summed E-state index contributed by atoms with van der Waals surface area (Å²) in [6, 6.07) is 8.65. The lowest BCUT2D eigenvalue weighted by atomic mass is 10.1. The molecule has 1 unspecified atom stereocenters. The van der Waals surface area contributed by atoms with Crippen molar-refractivity contribution in [1.82, 2.24) is 5.01 Å². The molecule has 14 heavy (non-hydrogen) atoms. The van der Waals surface area contributed by atoms with Gasteiger partial charge in [-0.1, -0.05) is 33.3 Å². The molecule has 1 atom stereocenters. The second-order valence-electron chi connectivity index (χ2n) is 3.35. The Bertz CT molecular complexity index is 334. The second-order valence-corrected chi connectivity index (χ2v) is 4.26. The molecule has 0 aromatic heterocycles. The van der Waals surface area contributed by atoms with E-state index in [1.165, 1.54) is 5.56 Å². The van der Waals surface area contributed by atoms with Crippen LogP contribution in [0, 0.1) is 0 Å². The zero-order valence-corrected chi connectivity index (χ0v) is 9.61. The number of hydrogen-bond donors (Lipinski definition) is 0. The van der Waals surface area contributed by atoms with Crippen molar-refractivity contribution in [3.63, 3.8) is 0 Å². The Morgan fingerprint density at radius 1 is 1.36 bits per heavy atom. The van der Waals surface area contributed by atoms with E-state index in [-0.39, 0.29) is 0 Å². The molecule has 0 amide bonds. The third-order valence-corrected chi connectivity index (χ3v) is 2.94. The van der Waals surface area contributed by atoms with Gasteiger partial charge in [-0.15, -0.1) is 0 Å². The van der Waals surface area contributed by atoms with Crippen molar-refractivity contribution in [1.29, 1.82) is 0 Å². The quantitative estimate of drug-likeness (QED) is 0.796. The fraction of sp³-hybridized carbons (Fsp3) is 0.400. The van der Waals surface area contributed by atoms with Gasteiger partial charge < -0.3 is 0 Å². The van der Waals surface area contributed by atoms with Gasteiger partial charge in [0.15, 0.2) is 0 Å². The van der Waals surface area contributed by atoms with E-state index in [1.807, 2.05) is 5.01 Å². The van der Waals surface area contributed by atoms with Crippen LogP contribution in [0.2, 0.25) is 0 Å². The lowest BCUT2D eigenvalue weighted by Crippen LogP contribution is -2.19. The number of nitrogens with zero attached hydrogens (tertiary/aromatic N) is 3. The van der Waals surface area contributed by atoms with Crippen LogP contribution in [-0.4, -0.2) is 18.1 Å². The summed E-state index contributed by atoms with van der Waals surface area (Å²) in [6.45, 7) is 3.89. The predicted molar refractivity (Wildman–Crippen MR) is 59.0 cm³/mol. The van der Waals surface area contributed by atoms with E-state index in [4.69, 9.17) is 0 Å². The Hall–Kier alpha value is -0.900. The van der Waals surface area contributed by atoms with Crippen molar-refractivity contribution < 1.29 is 0 Å². The number of halogens is 1. The average molecular weight is 254 g/mol. The molecule has 0 spiro atoms. The molecular formula is C10H12BrN3. The Balaban J connectivity index is 2.14. The molecule has 1 aliphatic heterocycles. The lowest BCUT2D eigenvalue weighted by molar-refractivity contribution is 0.245. The minimum Gasteiger partial charge on any atom is -0.270 e. The van der Waals surface area contributed by atoms with E-state index in [0.717, 1.165) is 17.6 Å². The first-order chi connectivity index (χ1) is 6.77. The van der Waals surface area contributed by atoms with Gasteiger partial charge in [-0.05, 0) is 24.6 Å². The Labute approximate surface area is 91.9 Å². The van der Waals surface area contributed by atoms with Crippen LogP contribution >= 0.6 is 15.9 Å². The van der Waals surface area contributed by atoms with Gasteiger partial charge in [0.2, 0.25) is 0 Å². The zero-order valence-electron chi connectivity index (χ0n) is 8.02. The summed E-state index contributed by atoms with van der Waals surface area (Å²) in [4.78, 5) is 0. The van der Waals surface area contributed by atoms with E-state index in [9.17, 15) is 0 Å². The molecule has 1 aromatic rings. The second kappa shape index (κ2) is 4.09. The van der Waals surface area contributed by atoms with Crippen LogP contribution in [0.1, 0.15) is 18.5 Å². The van der Waals surface area contributed by atoms with Crippen LogP contribution in [0.25, 0.3) is 0 Å². The smallest absolute Gasteiger partial charge is 0.0813 e. The highest BCUT2D eigenvalue weighted by Gasteiger charge is 2.16. The highest BCUT2D eigenvalue weighted by molar-refractivity contribution is 9.10. The zero-order chi connectivity index (χ0) is 9.97. The van der Waals surface area contributed by atoms with E-state index in [2.05, 4.69) is 57.5 Å². The van der Waals surface area contributed by atoms with Crippen LogP contribution < -0.4 is 0 Å². The van der Waals surface area contributed by atoms with Crippen LogP contribution in [0.5, 0.6) is 0 Å². The molecule has 1 aromatic carbocycles. The highest BCUT2D eigenvalue weighted by atomic mass is 79.9. The van der Waals surface area contributed by atoms with Crippen LogP contribution in [0.3, 0.4) is 0 Å². The van der Waals surface area contributed by atoms with Crippen molar-refractivity contribution in [2.75, 3.05) is 13.1 Å². The molecule has 4 heteroatoms. The van der Waals surface area contributed by atoms with Gasteiger partial charge in [0.25, 0.3) is 0 Å². The Kier molecular flexibility index (Phi) is 2.82. The minimum absolute atomic E-state index is 0.314. The molecule has 0 N–H and O–H groups in total. The molecule has 1 heterocycles. The molecule has 0 aliphatic carbocycles. The van der Waals surface area contributed by atoms with Gasteiger partial charge >= 0.3 is 0 Å². The molecule has 0 saturated carbocycles. The van der Waals surface area contributed by atoms with Gasteiger partial charge in [0.1, 0.15) is 0 Å². The van der Waals surface area contributed by atoms with Crippen LogP contribution in [0.4, 0.5) is 0 Å². The summed E-state index contributed by atoms with van der Waals surface area (Å²) < 4.78 is 1.11. The molecule has 0 saturated heterocycles.